The largest absolute Gasteiger partial charge is 0.337 e. The van der Waals surface area contributed by atoms with E-state index in [0.717, 1.165) is 18.4 Å². The molecule has 78 valence electrons. The van der Waals surface area contributed by atoms with Crippen molar-refractivity contribution in [3.63, 3.8) is 0 Å². The van der Waals surface area contributed by atoms with Crippen LogP contribution in [0.4, 0.5) is 0 Å². The third-order valence-electron chi connectivity index (χ3n) is 2.99. The predicted octanol–water partition coefficient (Wildman–Crippen LogP) is 1.52. The van der Waals surface area contributed by atoms with Crippen LogP contribution in [0.15, 0.2) is 12.5 Å². The topological polar surface area (TPSA) is 29.9 Å². The molecular formula is C11H19N3. The summed E-state index contributed by atoms with van der Waals surface area (Å²) in [6.45, 7) is 4.52. The molecule has 2 unspecified atom stereocenters. The van der Waals surface area contributed by atoms with Crippen molar-refractivity contribution in [2.24, 2.45) is 13.0 Å². The van der Waals surface area contributed by atoms with E-state index in [-0.39, 0.29) is 0 Å². The normalized spacial score (nSPS) is 25.3. The maximum Gasteiger partial charge on any atom is 0.0945 e. The van der Waals surface area contributed by atoms with Crippen molar-refractivity contribution in [2.45, 2.75) is 25.7 Å². The van der Waals surface area contributed by atoms with Gasteiger partial charge in [-0.25, -0.2) is 4.98 Å². The first-order valence-corrected chi connectivity index (χ1v) is 5.50. The fourth-order valence-electron chi connectivity index (χ4n) is 2.02. The van der Waals surface area contributed by atoms with Crippen LogP contribution in [0.2, 0.25) is 0 Å². The number of nitrogens with zero attached hydrogens (tertiary/aromatic N) is 2. The minimum Gasteiger partial charge on any atom is -0.337 e. The molecule has 1 saturated carbocycles. The zero-order valence-electron chi connectivity index (χ0n) is 9.03. The van der Waals surface area contributed by atoms with Gasteiger partial charge in [-0.1, -0.05) is 6.92 Å². The van der Waals surface area contributed by atoms with Gasteiger partial charge in [0, 0.05) is 24.9 Å². The van der Waals surface area contributed by atoms with Gasteiger partial charge in [0.15, 0.2) is 0 Å². The summed E-state index contributed by atoms with van der Waals surface area (Å²) in [6, 6.07) is 0. The van der Waals surface area contributed by atoms with E-state index < -0.39 is 0 Å². The molecule has 3 heteroatoms. The fraction of sp³-hybridized carbons (Fsp3) is 0.727. The molecule has 0 bridgehead atoms. The number of rotatable bonds is 5. The van der Waals surface area contributed by atoms with Crippen LogP contribution in [-0.2, 0) is 7.05 Å². The van der Waals surface area contributed by atoms with Gasteiger partial charge in [-0.05, 0) is 31.8 Å². The van der Waals surface area contributed by atoms with Crippen LogP contribution < -0.4 is 5.32 Å². The van der Waals surface area contributed by atoms with Crippen LogP contribution in [0.3, 0.4) is 0 Å². The molecule has 1 heterocycles. The van der Waals surface area contributed by atoms with E-state index in [4.69, 9.17) is 0 Å². The monoisotopic (exact) mass is 193 g/mol. The van der Waals surface area contributed by atoms with Crippen molar-refractivity contribution in [3.8, 4) is 0 Å². The standard InChI is InChI=1S/C11H19N3/c1-3-4-12-6-9-5-10(9)11-7-13-8-14(11)2/h7-10,12H,3-6H2,1-2H3. The van der Waals surface area contributed by atoms with E-state index in [1.165, 1.54) is 25.1 Å². The number of nitrogens with one attached hydrogen (secondary N) is 1. The Kier molecular flexibility index (Phi) is 2.87. The van der Waals surface area contributed by atoms with Crippen molar-refractivity contribution in [1.82, 2.24) is 14.9 Å². The maximum absolute atomic E-state index is 4.16. The molecule has 1 aliphatic carbocycles. The summed E-state index contributed by atoms with van der Waals surface area (Å²) in [5.74, 6) is 1.60. The first kappa shape index (κ1) is 9.71. The van der Waals surface area contributed by atoms with Gasteiger partial charge in [0.1, 0.15) is 0 Å². The second kappa shape index (κ2) is 4.13. The quantitative estimate of drug-likeness (QED) is 0.719. The number of aromatic nitrogens is 2. The maximum atomic E-state index is 4.16. The molecule has 0 aromatic carbocycles. The van der Waals surface area contributed by atoms with Gasteiger partial charge in [0.05, 0.1) is 6.33 Å². The van der Waals surface area contributed by atoms with Crippen molar-refractivity contribution in [3.05, 3.63) is 18.2 Å². The molecule has 0 amide bonds. The molecular weight excluding hydrogens is 174 g/mol. The Hall–Kier alpha value is -0.830. The van der Waals surface area contributed by atoms with Crippen LogP contribution in [0.5, 0.6) is 0 Å². The smallest absolute Gasteiger partial charge is 0.0945 e. The van der Waals surface area contributed by atoms with Gasteiger partial charge in [-0.3, -0.25) is 0 Å². The van der Waals surface area contributed by atoms with E-state index >= 15 is 0 Å². The third kappa shape index (κ3) is 1.98. The lowest BCUT2D eigenvalue weighted by molar-refractivity contribution is 0.614. The fourth-order valence-corrected chi connectivity index (χ4v) is 2.02. The van der Waals surface area contributed by atoms with Crippen molar-refractivity contribution < 1.29 is 0 Å². The Morgan fingerprint density at radius 2 is 2.50 bits per heavy atom. The summed E-state index contributed by atoms with van der Waals surface area (Å²) in [7, 11) is 2.08. The average molecular weight is 193 g/mol. The number of hydrogen-bond donors (Lipinski definition) is 1. The molecule has 1 fully saturated rings. The number of aryl methyl sites for hydroxylation is 1. The number of hydrogen-bond acceptors (Lipinski definition) is 2. The summed E-state index contributed by atoms with van der Waals surface area (Å²) in [6.07, 6.45) is 6.45. The third-order valence-corrected chi connectivity index (χ3v) is 2.99. The Balaban J connectivity index is 1.79. The van der Waals surface area contributed by atoms with Gasteiger partial charge >= 0.3 is 0 Å². The molecule has 0 radical (unpaired) electrons. The van der Waals surface area contributed by atoms with Crippen molar-refractivity contribution >= 4 is 0 Å². The summed E-state index contributed by atoms with van der Waals surface area (Å²) < 4.78 is 2.14. The van der Waals surface area contributed by atoms with Crippen LogP contribution in [0.1, 0.15) is 31.4 Å². The van der Waals surface area contributed by atoms with Crippen LogP contribution in [0, 0.1) is 5.92 Å². The first-order valence-electron chi connectivity index (χ1n) is 5.50. The molecule has 1 N–H and O–H groups in total. The highest BCUT2D eigenvalue weighted by molar-refractivity contribution is 5.16. The van der Waals surface area contributed by atoms with E-state index in [9.17, 15) is 0 Å². The molecule has 0 saturated heterocycles. The first-order chi connectivity index (χ1) is 6.83. The summed E-state index contributed by atoms with van der Waals surface area (Å²) in [4.78, 5) is 4.16. The van der Waals surface area contributed by atoms with Crippen molar-refractivity contribution in [2.75, 3.05) is 13.1 Å². The lowest BCUT2D eigenvalue weighted by Crippen LogP contribution is -2.18. The average Bonchev–Trinajstić information content (AvgIpc) is 2.81. The molecule has 0 aliphatic heterocycles. The van der Waals surface area contributed by atoms with Gasteiger partial charge in [0.2, 0.25) is 0 Å². The molecule has 1 aliphatic rings. The highest BCUT2D eigenvalue weighted by atomic mass is 15.0. The van der Waals surface area contributed by atoms with E-state index in [0.29, 0.717) is 0 Å². The van der Waals surface area contributed by atoms with Gasteiger partial charge in [-0.2, -0.15) is 0 Å². The molecule has 0 spiro atoms. The summed E-state index contributed by atoms with van der Waals surface area (Å²) in [5.41, 5.74) is 1.40. The van der Waals surface area contributed by atoms with Gasteiger partial charge in [-0.15, -0.1) is 0 Å². The van der Waals surface area contributed by atoms with E-state index in [1.54, 1.807) is 0 Å². The van der Waals surface area contributed by atoms with E-state index in [1.807, 2.05) is 12.5 Å². The van der Waals surface area contributed by atoms with Crippen LogP contribution in [-0.4, -0.2) is 22.6 Å². The highest BCUT2D eigenvalue weighted by Gasteiger charge is 2.39. The van der Waals surface area contributed by atoms with E-state index in [2.05, 4.69) is 28.8 Å². The Morgan fingerprint density at radius 1 is 1.64 bits per heavy atom. The molecule has 1 aromatic rings. The highest BCUT2D eigenvalue weighted by Crippen LogP contribution is 2.46. The lowest BCUT2D eigenvalue weighted by atomic mass is 10.2. The second-order valence-electron chi connectivity index (χ2n) is 4.24. The number of imidazole rings is 1. The van der Waals surface area contributed by atoms with Crippen LogP contribution >= 0.6 is 0 Å². The zero-order chi connectivity index (χ0) is 9.97. The molecule has 3 nitrogen and oxygen atoms in total. The lowest BCUT2D eigenvalue weighted by Gasteiger charge is -2.02. The SMILES string of the molecule is CCCNCC1CC1c1cncn1C. The zero-order valence-corrected chi connectivity index (χ0v) is 9.03. The Morgan fingerprint density at radius 3 is 3.14 bits per heavy atom. The Bertz CT molecular complexity index is 292. The van der Waals surface area contributed by atoms with Crippen LogP contribution in [0.25, 0.3) is 0 Å². The molecule has 2 rings (SSSR count). The second-order valence-corrected chi connectivity index (χ2v) is 4.24. The predicted molar refractivity (Wildman–Crippen MR) is 57.2 cm³/mol. The van der Waals surface area contributed by atoms with Gasteiger partial charge in [0.25, 0.3) is 0 Å². The molecule has 14 heavy (non-hydrogen) atoms. The molecule has 1 aromatic heterocycles. The van der Waals surface area contributed by atoms with Gasteiger partial charge < -0.3 is 9.88 Å². The minimum atomic E-state index is 0.756. The summed E-state index contributed by atoms with van der Waals surface area (Å²) >= 11 is 0. The van der Waals surface area contributed by atoms with Crippen molar-refractivity contribution in [1.29, 1.82) is 0 Å². The minimum absolute atomic E-state index is 0.756. The Labute approximate surface area is 85.5 Å². The summed E-state index contributed by atoms with van der Waals surface area (Å²) in [5, 5.41) is 3.48. The molecule has 2 atom stereocenters.